The standard InChI is InChI=1S/C14H24N4O2/c1-4-8-15-12-10-13(18-11(3)17-12)16-9-6-7-14(19)20-5-2/h10H,4-9H2,1-3H3,(H2,15,16,17,18). The summed E-state index contributed by atoms with van der Waals surface area (Å²) in [5, 5.41) is 6.44. The van der Waals surface area contributed by atoms with Crippen LogP contribution in [-0.4, -0.2) is 35.6 Å². The van der Waals surface area contributed by atoms with E-state index in [-0.39, 0.29) is 5.97 Å². The number of ether oxygens (including phenoxy) is 1. The molecular weight excluding hydrogens is 256 g/mol. The molecule has 1 aromatic rings. The second-order valence-corrected chi connectivity index (χ2v) is 4.45. The molecule has 6 nitrogen and oxygen atoms in total. The highest BCUT2D eigenvalue weighted by molar-refractivity contribution is 5.69. The minimum absolute atomic E-state index is 0.154. The number of rotatable bonds is 9. The highest BCUT2D eigenvalue weighted by atomic mass is 16.5. The minimum Gasteiger partial charge on any atom is -0.466 e. The first-order chi connectivity index (χ1) is 9.65. The van der Waals surface area contributed by atoms with Crippen LogP contribution >= 0.6 is 0 Å². The molecule has 112 valence electrons. The Bertz CT molecular complexity index is 424. The fraction of sp³-hybridized carbons (Fsp3) is 0.643. The Kier molecular flexibility index (Phi) is 7.39. The summed E-state index contributed by atoms with van der Waals surface area (Å²) in [6.45, 7) is 7.78. The normalized spacial score (nSPS) is 10.2. The molecule has 0 atom stereocenters. The molecule has 0 radical (unpaired) electrons. The maximum absolute atomic E-state index is 11.2. The van der Waals surface area contributed by atoms with Crippen molar-refractivity contribution in [1.29, 1.82) is 0 Å². The van der Waals surface area contributed by atoms with Crippen LogP contribution in [-0.2, 0) is 9.53 Å². The summed E-state index contributed by atoms with van der Waals surface area (Å²) in [4.78, 5) is 19.8. The fourth-order valence-corrected chi connectivity index (χ4v) is 1.68. The van der Waals surface area contributed by atoms with Crippen molar-refractivity contribution in [2.24, 2.45) is 0 Å². The van der Waals surface area contributed by atoms with E-state index in [4.69, 9.17) is 4.74 Å². The molecule has 0 aliphatic heterocycles. The molecule has 0 aliphatic rings. The predicted molar refractivity (Wildman–Crippen MR) is 79.9 cm³/mol. The van der Waals surface area contributed by atoms with Crippen LogP contribution in [0.3, 0.4) is 0 Å². The molecule has 0 aromatic carbocycles. The van der Waals surface area contributed by atoms with Gasteiger partial charge in [0.25, 0.3) is 0 Å². The molecule has 0 fully saturated rings. The molecule has 0 spiro atoms. The van der Waals surface area contributed by atoms with Crippen molar-refractivity contribution in [2.75, 3.05) is 30.3 Å². The van der Waals surface area contributed by atoms with Crippen molar-refractivity contribution in [2.45, 2.75) is 40.0 Å². The molecule has 20 heavy (non-hydrogen) atoms. The monoisotopic (exact) mass is 280 g/mol. The number of nitrogens with one attached hydrogen (secondary N) is 2. The number of aryl methyl sites for hydroxylation is 1. The van der Waals surface area contributed by atoms with E-state index in [0.29, 0.717) is 19.6 Å². The van der Waals surface area contributed by atoms with E-state index >= 15 is 0 Å². The molecule has 1 rings (SSSR count). The zero-order chi connectivity index (χ0) is 14.8. The molecule has 0 unspecified atom stereocenters. The van der Waals surface area contributed by atoms with Gasteiger partial charge in [-0.2, -0.15) is 0 Å². The van der Waals surface area contributed by atoms with Crippen molar-refractivity contribution >= 4 is 17.6 Å². The van der Waals surface area contributed by atoms with Crippen LogP contribution in [0.25, 0.3) is 0 Å². The SMILES string of the molecule is CCCNc1cc(NCCCC(=O)OCC)nc(C)n1. The van der Waals surface area contributed by atoms with Crippen molar-refractivity contribution < 1.29 is 9.53 Å². The number of nitrogens with zero attached hydrogens (tertiary/aromatic N) is 2. The average molecular weight is 280 g/mol. The van der Waals surface area contributed by atoms with Gasteiger partial charge in [-0.1, -0.05) is 6.92 Å². The fourth-order valence-electron chi connectivity index (χ4n) is 1.68. The maximum Gasteiger partial charge on any atom is 0.305 e. The van der Waals surface area contributed by atoms with E-state index < -0.39 is 0 Å². The average Bonchev–Trinajstić information content (AvgIpc) is 2.41. The van der Waals surface area contributed by atoms with Crippen LogP contribution < -0.4 is 10.6 Å². The Morgan fingerprint density at radius 2 is 1.85 bits per heavy atom. The number of carbonyl (C=O) groups excluding carboxylic acids is 1. The molecule has 1 heterocycles. The van der Waals surface area contributed by atoms with Crippen molar-refractivity contribution in [3.63, 3.8) is 0 Å². The first-order valence-electron chi connectivity index (χ1n) is 7.14. The Hall–Kier alpha value is -1.85. The zero-order valence-electron chi connectivity index (χ0n) is 12.5. The summed E-state index contributed by atoms with van der Waals surface area (Å²) in [5.74, 6) is 2.17. The third kappa shape index (κ3) is 6.36. The first-order valence-corrected chi connectivity index (χ1v) is 7.14. The van der Waals surface area contributed by atoms with Crippen LogP contribution in [0.5, 0.6) is 0 Å². The van der Waals surface area contributed by atoms with Gasteiger partial charge in [0.05, 0.1) is 6.61 Å². The van der Waals surface area contributed by atoms with Crippen molar-refractivity contribution in [3.05, 3.63) is 11.9 Å². The van der Waals surface area contributed by atoms with Gasteiger partial charge in [-0.15, -0.1) is 0 Å². The molecule has 1 aromatic heterocycles. The van der Waals surface area contributed by atoms with E-state index in [1.165, 1.54) is 0 Å². The topological polar surface area (TPSA) is 76.1 Å². The van der Waals surface area contributed by atoms with Gasteiger partial charge in [0, 0.05) is 25.6 Å². The first kappa shape index (κ1) is 16.2. The van der Waals surface area contributed by atoms with Crippen molar-refractivity contribution in [1.82, 2.24) is 9.97 Å². The quantitative estimate of drug-likeness (QED) is 0.534. The summed E-state index contributed by atoms with van der Waals surface area (Å²) in [7, 11) is 0. The van der Waals surface area contributed by atoms with Crippen LogP contribution in [0.4, 0.5) is 11.6 Å². The molecule has 0 saturated carbocycles. The Morgan fingerprint density at radius 1 is 1.20 bits per heavy atom. The number of carbonyl (C=O) groups is 1. The minimum atomic E-state index is -0.154. The van der Waals surface area contributed by atoms with E-state index in [0.717, 1.165) is 36.8 Å². The summed E-state index contributed by atoms with van der Waals surface area (Å²) in [6, 6.07) is 1.88. The summed E-state index contributed by atoms with van der Waals surface area (Å²) >= 11 is 0. The van der Waals surface area contributed by atoms with Crippen LogP contribution in [0.1, 0.15) is 38.9 Å². The van der Waals surface area contributed by atoms with Crippen molar-refractivity contribution in [3.8, 4) is 0 Å². The largest absolute Gasteiger partial charge is 0.466 e. The molecule has 6 heteroatoms. The summed E-state index contributed by atoms with van der Waals surface area (Å²) < 4.78 is 4.87. The van der Waals surface area contributed by atoms with Gasteiger partial charge < -0.3 is 15.4 Å². The number of hydrogen-bond donors (Lipinski definition) is 2. The molecule has 2 N–H and O–H groups in total. The molecule has 0 bridgehead atoms. The van der Waals surface area contributed by atoms with Gasteiger partial charge in [-0.3, -0.25) is 4.79 Å². The van der Waals surface area contributed by atoms with Gasteiger partial charge in [0.2, 0.25) is 0 Å². The summed E-state index contributed by atoms with van der Waals surface area (Å²) in [5.41, 5.74) is 0. The lowest BCUT2D eigenvalue weighted by Gasteiger charge is -2.09. The highest BCUT2D eigenvalue weighted by Gasteiger charge is 2.03. The third-order valence-electron chi connectivity index (χ3n) is 2.56. The Balaban J connectivity index is 2.39. The lowest BCUT2D eigenvalue weighted by atomic mass is 10.3. The number of aromatic nitrogens is 2. The van der Waals surface area contributed by atoms with E-state index in [1.54, 1.807) is 0 Å². The highest BCUT2D eigenvalue weighted by Crippen LogP contribution is 2.11. The zero-order valence-corrected chi connectivity index (χ0v) is 12.5. The van der Waals surface area contributed by atoms with Crippen LogP contribution in [0.15, 0.2) is 6.07 Å². The smallest absolute Gasteiger partial charge is 0.305 e. The Labute approximate surface area is 120 Å². The van der Waals surface area contributed by atoms with Gasteiger partial charge in [-0.25, -0.2) is 9.97 Å². The maximum atomic E-state index is 11.2. The van der Waals surface area contributed by atoms with Gasteiger partial charge >= 0.3 is 5.97 Å². The predicted octanol–water partition coefficient (Wildman–Crippen LogP) is 2.36. The second kappa shape index (κ2) is 9.12. The van der Waals surface area contributed by atoms with Gasteiger partial charge in [0.1, 0.15) is 17.5 Å². The number of esters is 1. The molecule has 0 aliphatic carbocycles. The van der Waals surface area contributed by atoms with Gasteiger partial charge in [-0.05, 0) is 26.7 Å². The number of hydrogen-bond acceptors (Lipinski definition) is 6. The van der Waals surface area contributed by atoms with E-state index in [9.17, 15) is 4.79 Å². The lowest BCUT2D eigenvalue weighted by Crippen LogP contribution is -2.10. The Morgan fingerprint density at radius 3 is 2.45 bits per heavy atom. The molecule has 0 saturated heterocycles. The number of anilines is 2. The summed E-state index contributed by atoms with van der Waals surface area (Å²) in [6.07, 6.45) is 2.19. The lowest BCUT2D eigenvalue weighted by molar-refractivity contribution is -0.143. The van der Waals surface area contributed by atoms with Crippen LogP contribution in [0, 0.1) is 6.92 Å². The van der Waals surface area contributed by atoms with Gasteiger partial charge in [0.15, 0.2) is 0 Å². The van der Waals surface area contributed by atoms with Crippen LogP contribution in [0.2, 0.25) is 0 Å². The van der Waals surface area contributed by atoms with E-state index in [1.807, 2.05) is 19.9 Å². The van der Waals surface area contributed by atoms with E-state index in [2.05, 4.69) is 27.5 Å². The molecule has 0 amide bonds. The third-order valence-corrected chi connectivity index (χ3v) is 2.56. The second-order valence-electron chi connectivity index (χ2n) is 4.45. The molecular formula is C14H24N4O2.